The standard InChI is InChI=1S/C3H8FO4P/c1-6-9(5,7-2)8-3-4/h3H2,1-2H3. The number of phosphoric ester groups is 1. The van der Waals surface area contributed by atoms with E-state index in [2.05, 4.69) is 13.6 Å². The van der Waals surface area contributed by atoms with E-state index in [4.69, 9.17) is 0 Å². The van der Waals surface area contributed by atoms with Gasteiger partial charge in [-0.1, -0.05) is 0 Å². The zero-order valence-corrected chi connectivity index (χ0v) is 6.06. The zero-order chi connectivity index (χ0) is 7.33. The highest BCUT2D eigenvalue weighted by Gasteiger charge is 2.21. The molecule has 0 aromatic rings. The quantitative estimate of drug-likeness (QED) is 0.579. The lowest BCUT2D eigenvalue weighted by molar-refractivity contribution is 0.105. The summed E-state index contributed by atoms with van der Waals surface area (Å²) in [4.78, 5) is 0. The fourth-order valence-electron chi connectivity index (χ4n) is 0.240. The molecule has 0 bridgehead atoms. The lowest BCUT2D eigenvalue weighted by Gasteiger charge is -2.09. The summed E-state index contributed by atoms with van der Waals surface area (Å²) in [5, 5.41) is 0. The molecule has 0 aromatic heterocycles. The Balaban J connectivity index is 3.78. The first-order chi connectivity index (χ1) is 4.18. The molecule has 0 aliphatic carbocycles. The molecular weight excluding hydrogens is 150 g/mol. The van der Waals surface area contributed by atoms with Crippen LogP contribution in [0.2, 0.25) is 0 Å². The highest BCUT2D eigenvalue weighted by molar-refractivity contribution is 7.48. The molecule has 0 saturated heterocycles. The molecule has 0 aromatic carbocycles. The van der Waals surface area contributed by atoms with Crippen LogP contribution in [-0.2, 0) is 18.1 Å². The van der Waals surface area contributed by atoms with Gasteiger partial charge < -0.3 is 0 Å². The molecule has 56 valence electrons. The van der Waals surface area contributed by atoms with E-state index in [1.54, 1.807) is 0 Å². The van der Waals surface area contributed by atoms with Gasteiger partial charge in [0.2, 0.25) is 0 Å². The number of hydrogen-bond donors (Lipinski definition) is 0. The van der Waals surface area contributed by atoms with Gasteiger partial charge in [0.1, 0.15) is 0 Å². The van der Waals surface area contributed by atoms with E-state index >= 15 is 0 Å². The van der Waals surface area contributed by atoms with Gasteiger partial charge in [0.05, 0.1) is 0 Å². The third kappa shape index (κ3) is 2.91. The molecule has 0 saturated carbocycles. The Bertz CT molecular complexity index is 108. The van der Waals surface area contributed by atoms with E-state index in [0.717, 1.165) is 14.2 Å². The maximum Gasteiger partial charge on any atom is 0.476 e. The molecule has 0 atom stereocenters. The van der Waals surface area contributed by atoms with Crippen LogP contribution < -0.4 is 0 Å². The first-order valence-corrected chi connectivity index (χ1v) is 3.56. The summed E-state index contributed by atoms with van der Waals surface area (Å²) in [6.07, 6.45) is 0. The van der Waals surface area contributed by atoms with E-state index in [0.29, 0.717) is 0 Å². The lowest BCUT2D eigenvalue weighted by Crippen LogP contribution is -1.92. The molecule has 9 heavy (non-hydrogen) atoms. The molecule has 0 aliphatic heterocycles. The van der Waals surface area contributed by atoms with Crippen molar-refractivity contribution in [2.24, 2.45) is 0 Å². The van der Waals surface area contributed by atoms with Crippen molar-refractivity contribution in [1.82, 2.24) is 0 Å². The van der Waals surface area contributed by atoms with Crippen molar-refractivity contribution in [2.45, 2.75) is 0 Å². The molecule has 0 aliphatic rings. The molecule has 0 unspecified atom stereocenters. The van der Waals surface area contributed by atoms with Crippen LogP contribution in [0.4, 0.5) is 4.39 Å². The summed E-state index contributed by atoms with van der Waals surface area (Å²) in [7, 11) is -1.33. The van der Waals surface area contributed by atoms with Gasteiger partial charge in [-0.25, -0.2) is 8.96 Å². The van der Waals surface area contributed by atoms with Crippen LogP contribution in [0.15, 0.2) is 0 Å². The summed E-state index contributed by atoms with van der Waals surface area (Å²) < 4.78 is 34.3. The minimum atomic E-state index is -3.56. The normalized spacial score (nSPS) is 11.9. The first kappa shape index (κ1) is 9.04. The molecule has 0 rings (SSSR count). The third-order valence-electron chi connectivity index (χ3n) is 0.654. The molecule has 0 spiro atoms. The summed E-state index contributed by atoms with van der Waals surface area (Å²) >= 11 is 0. The van der Waals surface area contributed by atoms with Crippen molar-refractivity contribution in [1.29, 1.82) is 0 Å². The van der Waals surface area contributed by atoms with Gasteiger partial charge in [-0.05, 0) is 0 Å². The van der Waals surface area contributed by atoms with Crippen molar-refractivity contribution in [3.8, 4) is 0 Å². The summed E-state index contributed by atoms with van der Waals surface area (Å²) in [6.45, 7) is -1.18. The van der Waals surface area contributed by atoms with Crippen LogP contribution in [0.3, 0.4) is 0 Å². The lowest BCUT2D eigenvalue weighted by atomic mass is 11.6. The van der Waals surface area contributed by atoms with Gasteiger partial charge in [-0.2, -0.15) is 0 Å². The fraction of sp³-hybridized carbons (Fsp3) is 1.00. The van der Waals surface area contributed by atoms with Gasteiger partial charge in [-0.15, -0.1) is 0 Å². The Morgan fingerprint density at radius 2 is 1.89 bits per heavy atom. The van der Waals surface area contributed by atoms with E-state index in [1.807, 2.05) is 0 Å². The third-order valence-corrected chi connectivity index (χ3v) is 1.96. The van der Waals surface area contributed by atoms with Crippen LogP contribution >= 0.6 is 7.82 Å². The maximum atomic E-state index is 11.3. The van der Waals surface area contributed by atoms with Crippen LogP contribution in [0.1, 0.15) is 0 Å². The van der Waals surface area contributed by atoms with Gasteiger partial charge in [0.25, 0.3) is 0 Å². The monoisotopic (exact) mass is 158 g/mol. The van der Waals surface area contributed by atoms with Gasteiger partial charge in [0.15, 0.2) is 6.86 Å². The second kappa shape index (κ2) is 3.95. The van der Waals surface area contributed by atoms with E-state index < -0.39 is 14.7 Å². The molecule has 4 nitrogen and oxygen atoms in total. The molecule has 0 radical (unpaired) electrons. The topological polar surface area (TPSA) is 44.8 Å². The van der Waals surface area contributed by atoms with E-state index in [1.165, 1.54) is 0 Å². The number of halogens is 1. The highest BCUT2D eigenvalue weighted by atomic mass is 31.2. The molecule has 0 amide bonds. The summed E-state index contributed by atoms with van der Waals surface area (Å²) in [6, 6.07) is 0. The summed E-state index contributed by atoms with van der Waals surface area (Å²) in [5.41, 5.74) is 0. The second-order valence-corrected chi connectivity index (χ2v) is 2.93. The predicted octanol–water partition coefficient (Wildman–Crippen LogP) is 1.33. The Kier molecular flexibility index (Phi) is 3.97. The molecule has 0 heterocycles. The van der Waals surface area contributed by atoms with E-state index in [9.17, 15) is 8.96 Å². The van der Waals surface area contributed by atoms with Crippen molar-refractivity contribution < 1.29 is 22.5 Å². The van der Waals surface area contributed by atoms with Crippen molar-refractivity contribution in [2.75, 3.05) is 21.1 Å². The van der Waals surface area contributed by atoms with Crippen molar-refractivity contribution in [3.05, 3.63) is 0 Å². The molecule has 0 fully saturated rings. The number of hydrogen-bond acceptors (Lipinski definition) is 4. The zero-order valence-electron chi connectivity index (χ0n) is 5.17. The van der Waals surface area contributed by atoms with Crippen LogP contribution in [0.5, 0.6) is 0 Å². The minimum absolute atomic E-state index is 1.11. The molecular formula is C3H8FO4P. The van der Waals surface area contributed by atoms with Gasteiger partial charge in [0, 0.05) is 14.2 Å². The van der Waals surface area contributed by atoms with Gasteiger partial charge in [-0.3, -0.25) is 13.6 Å². The van der Waals surface area contributed by atoms with Crippen LogP contribution in [0.25, 0.3) is 0 Å². The Morgan fingerprint density at radius 1 is 1.44 bits per heavy atom. The van der Waals surface area contributed by atoms with Crippen molar-refractivity contribution >= 4 is 7.82 Å². The SMILES string of the molecule is COP(=O)(OC)OCF. The number of phosphoric acid groups is 1. The van der Waals surface area contributed by atoms with E-state index in [-0.39, 0.29) is 0 Å². The molecule has 6 heteroatoms. The van der Waals surface area contributed by atoms with Crippen molar-refractivity contribution in [3.63, 3.8) is 0 Å². The molecule has 0 N–H and O–H groups in total. The number of rotatable bonds is 4. The van der Waals surface area contributed by atoms with Crippen LogP contribution in [0, 0.1) is 0 Å². The van der Waals surface area contributed by atoms with Crippen LogP contribution in [-0.4, -0.2) is 21.1 Å². The highest BCUT2D eigenvalue weighted by Crippen LogP contribution is 2.47. The Morgan fingerprint density at radius 3 is 2.00 bits per heavy atom. The summed E-state index contributed by atoms with van der Waals surface area (Å²) in [5.74, 6) is 0. The van der Waals surface area contributed by atoms with Gasteiger partial charge >= 0.3 is 7.82 Å². The Hall–Kier alpha value is 0.0400. The first-order valence-electron chi connectivity index (χ1n) is 2.10. The predicted molar refractivity (Wildman–Crippen MR) is 28.7 cm³/mol. The fourth-order valence-corrected chi connectivity index (χ4v) is 0.719. The largest absolute Gasteiger partial charge is 0.476 e. The average molecular weight is 158 g/mol. The second-order valence-electron chi connectivity index (χ2n) is 1.05. The average Bonchev–Trinajstić information content (AvgIpc) is 1.89. The smallest absolute Gasteiger partial charge is 0.290 e. The minimum Gasteiger partial charge on any atom is -0.290 e. The number of alkyl halides is 1. The maximum absolute atomic E-state index is 11.3. The Labute approximate surface area is 52.5 Å².